The quantitative estimate of drug-likeness (QED) is 0.711. The predicted octanol–water partition coefficient (Wildman–Crippen LogP) is 3.55. The van der Waals surface area contributed by atoms with Gasteiger partial charge in [-0.1, -0.05) is 30.3 Å². The van der Waals surface area contributed by atoms with Crippen molar-refractivity contribution in [1.82, 2.24) is 5.32 Å². The molecular weight excluding hydrogens is 341 g/mol. The molecule has 0 aliphatic heterocycles. The van der Waals surface area contributed by atoms with E-state index in [2.05, 4.69) is 5.32 Å². The number of hydrogen-bond acceptors (Lipinski definition) is 4. The molecule has 0 radical (unpaired) electrons. The van der Waals surface area contributed by atoms with Crippen molar-refractivity contribution >= 4 is 33.3 Å². The van der Waals surface area contributed by atoms with Gasteiger partial charge in [0.1, 0.15) is 11.9 Å². The number of hydrogen-bond donors (Lipinski definition) is 1. The third-order valence-electron chi connectivity index (χ3n) is 3.78. The summed E-state index contributed by atoms with van der Waals surface area (Å²) in [5.41, 5.74) is 0.914. The van der Waals surface area contributed by atoms with Crippen molar-refractivity contribution in [3.05, 3.63) is 70.9 Å². The van der Waals surface area contributed by atoms with Crippen LogP contribution >= 0.6 is 11.3 Å². The summed E-state index contributed by atoms with van der Waals surface area (Å²) < 4.78 is 18.9. The zero-order valence-corrected chi connectivity index (χ0v) is 14.3. The molecule has 0 saturated heterocycles. The van der Waals surface area contributed by atoms with Gasteiger partial charge in [-0.2, -0.15) is 0 Å². The smallest absolute Gasteiger partial charge is 0.328 e. The molecule has 1 atom stereocenters. The number of rotatable bonds is 5. The van der Waals surface area contributed by atoms with Gasteiger partial charge in [-0.25, -0.2) is 9.18 Å². The Morgan fingerprint density at radius 2 is 1.92 bits per heavy atom. The van der Waals surface area contributed by atoms with Crippen LogP contribution in [0.1, 0.15) is 15.2 Å². The molecular formula is C19H16FNO3S. The van der Waals surface area contributed by atoms with Gasteiger partial charge < -0.3 is 10.1 Å². The fraction of sp³-hybridized carbons (Fsp3) is 0.158. The average Bonchev–Trinajstić information content (AvgIpc) is 3.04. The summed E-state index contributed by atoms with van der Waals surface area (Å²) in [4.78, 5) is 25.0. The molecule has 3 rings (SSSR count). The second-order valence-electron chi connectivity index (χ2n) is 5.53. The third-order valence-corrected chi connectivity index (χ3v) is 4.89. The minimum atomic E-state index is -0.790. The van der Waals surface area contributed by atoms with Crippen LogP contribution < -0.4 is 5.32 Å². The maximum atomic E-state index is 13.3. The highest BCUT2D eigenvalue weighted by Crippen LogP contribution is 2.26. The van der Waals surface area contributed by atoms with Gasteiger partial charge in [0.2, 0.25) is 0 Å². The maximum absolute atomic E-state index is 13.3. The monoisotopic (exact) mass is 357 g/mol. The van der Waals surface area contributed by atoms with Crippen molar-refractivity contribution in [2.75, 3.05) is 7.11 Å². The van der Waals surface area contributed by atoms with Gasteiger partial charge in [0.25, 0.3) is 5.91 Å². The fourth-order valence-electron chi connectivity index (χ4n) is 2.54. The molecule has 0 spiro atoms. The number of benzene rings is 2. The van der Waals surface area contributed by atoms with Gasteiger partial charge >= 0.3 is 5.97 Å². The van der Waals surface area contributed by atoms with Crippen molar-refractivity contribution in [1.29, 1.82) is 0 Å². The SMILES string of the molecule is COC(=O)[C@H](Cc1ccccc1)NC(=O)c1cc2cc(F)ccc2s1. The van der Waals surface area contributed by atoms with E-state index < -0.39 is 12.0 Å². The topological polar surface area (TPSA) is 55.4 Å². The van der Waals surface area contributed by atoms with E-state index in [0.717, 1.165) is 10.3 Å². The number of amides is 1. The molecule has 0 saturated carbocycles. The number of fused-ring (bicyclic) bond motifs is 1. The Morgan fingerprint density at radius 1 is 1.16 bits per heavy atom. The first-order valence-electron chi connectivity index (χ1n) is 7.68. The van der Waals surface area contributed by atoms with Crippen LogP contribution in [0.4, 0.5) is 4.39 Å². The lowest BCUT2D eigenvalue weighted by molar-refractivity contribution is -0.142. The minimum Gasteiger partial charge on any atom is -0.467 e. The van der Waals surface area contributed by atoms with E-state index in [1.54, 1.807) is 12.1 Å². The highest BCUT2D eigenvalue weighted by Gasteiger charge is 2.23. The van der Waals surface area contributed by atoms with Crippen molar-refractivity contribution in [2.45, 2.75) is 12.5 Å². The number of carbonyl (C=O) groups excluding carboxylic acids is 2. The van der Waals surface area contributed by atoms with Crippen molar-refractivity contribution in [2.24, 2.45) is 0 Å². The summed E-state index contributed by atoms with van der Waals surface area (Å²) in [7, 11) is 1.29. The van der Waals surface area contributed by atoms with Crippen LogP contribution in [0.15, 0.2) is 54.6 Å². The molecule has 0 aliphatic rings. The molecule has 128 valence electrons. The zero-order chi connectivity index (χ0) is 17.8. The minimum absolute atomic E-state index is 0.332. The van der Waals surface area contributed by atoms with E-state index in [-0.39, 0.29) is 11.7 Å². The molecule has 0 unspecified atom stereocenters. The number of nitrogens with one attached hydrogen (secondary N) is 1. The number of ether oxygens (including phenoxy) is 1. The Balaban J connectivity index is 1.79. The molecule has 1 heterocycles. The highest BCUT2D eigenvalue weighted by atomic mass is 32.1. The van der Waals surface area contributed by atoms with Crippen LogP contribution in [0.2, 0.25) is 0 Å². The van der Waals surface area contributed by atoms with E-state index in [9.17, 15) is 14.0 Å². The first-order valence-corrected chi connectivity index (χ1v) is 8.50. The lowest BCUT2D eigenvalue weighted by atomic mass is 10.1. The Morgan fingerprint density at radius 3 is 2.64 bits per heavy atom. The Hall–Kier alpha value is -2.73. The highest BCUT2D eigenvalue weighted by molar-refractivity contribution is 7.20. The summed E-state index contributed by atoms with van der Waals surface area (Å²) >= 11 is 1.25. The fourth-order valence-corrected chi connectivity index (χ4v) is 3.49. The Bertz CT molecular complexity index is 907. The molecule has 0 bridgehead atoms. The molecule has 3 aromatic rings. The molecule has 1 amide bonds. The number of halogens is 1. The second-order valence-corrected chi connectivity index (χ2v) is 6.62. The first-order chi connectivity index (χ1) is 12.1. The predicted molar refractivity (Wildman–Crippen MR) is 95.2 cm³/mol. The summed E-state index contributed by atoms with van der Waals surface area (Å²) in [6.45, 7) is 0. The molecule has 4 nitrogen and oxygen atoms in total. The van der Waals surface area contributed by atoms with Crippen LogP contribution in [-0.4, -0.2) is 25.0 Å². The number of carbonyl (C=O) groups is 2. The van der Waals surface area contributed by atoms with Gasteiger partial charge in [-0.05, 0) is 35.2 Å². The molecule has 1 N–H and O–H groups in total. The van der Waals surface area contributed by atoms with E-state index in [1.165, 1.54) is 30.6 Å². The zero-order valence-electron chi connectivity index (χ0n) is 13.5. The second kappa shape index (κ2) is 7.44. The third kappa shape index (κ3) is 4.03. The standard InChI is InChI=1S/C19H16FNO3S/c1-24-19(23)15(9-12-5-3-2-4-6-12)21-18(22)17-11-13-10-14(20)7-8-16(13)25-17/h2-8,10-11,15H,9H2,1H3,(H,21,22)/t15-/m0/s1. The van der Waals surface area contributed by atoms with Crippen molar-refractivity contribution < 1.29 is 18.7 Å². The molecule has 2 aromatic carbocycles. The number of esters is 1. The van der Waals surface area contributed by atoms with Crippen LogP contribution in [0.3, 0.4) is 0 Å². The van der Waals surface area contributed by atoms with E-state index in [0.29, 0.717) is 16.7 Å². The van der Waals surface area contributed by atoms with Gasteiger partial charge in [-0.15, -0.1) is 11.3 Å². The van der Waals surface area contributed by atoms with Crippen LogP contribution in [0, 0.1) is 5.82 Å². The number of thiophene rings is 1. The van der Waals surface area contributed by atoms with E-state index >= 15 is 0 Å². The van der Waals surface area contributed by atoms with Crippen molar-refractivity contribution in [3.8, 4) is 0 Å². The molecule has 1 aromatic heterocycles. The lowest BCUT2D eigenvalue weighted by Crippen LogP contribution is -2.42. The molecule has 0 aliphatic carbocycles. The van der Waals surface area contributed by atoms with Crippen LogP contribution in [-0.2, 0) is 16.0 Å². The molecule has 25 heavy (non-hydrogen) atoms. The summed E-state index contributed by atoms with van der Waals surface area (Å²) in [5, 5.41) is 3.37. The largest absolute Gasteiger partial charge is 0.467 e. The number of methoxy groups -OCH3 is 1. The Labute approximate surface area is 148 Å². The molecule has 0 fully saturated rings. The average molecular weight is 357 g/mol. The normalized spacial score (nSPS) is 11.9. The first kappa shape index (κ1) is 17.1. The van der Waals surface area contributed by atoms with Crippen LogP contribution in [0.5, 0.6) is 0 Å². The van der Waals surface area contributed by atoms with Crippen molar-refractivity contribution in [3.63, 3.8) is 0 Å². The van der Waals surface area contributed by atoms with E-state index in [1.807, 2.05) is 30.3 Å². The van der Waals surface area contributed by atoms with Gasteiger partial charge in [0.15, 0.2) is 0 Å². The summed E-state index contributed by atoms with van der Waals surface area (Å²) in [6, 6.07) is 14.6. The van der Waals surface area contributed by atoms with Gasteiger partial charge in [0.05, 0.1) is 12.0 Å². The lowest BCUT2D eigenvalue weighted by Gasteiger charge is -2.16. The maximum Gasteiger partial charge on any atom is 0.328 e. The molecule has 6 heteroatoms. The van der Waals surface area contributed by atoms with E-state index in [4.69, 9.17) is 4.74 Å². The van der Waals surface area contributed by atoms with Gasteiger partial charge in [-0.3, -0.25) is 4.79 Å². The van der Waals surface area contributed by atoms with Gasteiger partial charge in [0, 0.05) is 11.1 Å². The summed E-state index contributed by atoms with van der Waals surface area (Å²) in [6.07, 6.45) is 0.332. The van der Waals surface area contributed by atoms with Crippen LogP contribution in [0.25, 0.3) is 10.1 Å². The summed E-state index contributed by atoms with van der Waals surface area (Å²) in [5.74, 6) is -1.24. The Kier molecular flexibility index (Phi) is 5.09.